The monoisotopic (exact) mass is 301 g/mol. The molecule has 106 valence electrons. The Morgan fingerprint density at radius 3 is 2.62 bits per heavy atom. The molecule has 2 aromatic carbocycles. The molecule has 0 fully saturated rings. The average Bonchev–Trinajstić information content (AvgIpc) is 2.85. The summed E-state index contributed by atoms with van der Waals surface area (Å²) in [5.41, 5.74) is 2.39. The molecular formula is C16H12ClNO3. The van der Waals surface area contributed by atoms with E-state index in [1.165, 1.54) is 0 Å². The van der Waals surface area contributed by atoms with Crippen LogP contribution in [0.1, 0.15) is 21.5 Å². The molecule has 1 amide bonds. The van der Waals surface area contributed by atoms with Crippen LogP contribution in [0.4, 0.5) is 5.69 Å². The Morgan fingerprint density at radius 1 is 1.24 bits per heavy atom. The van der Waals surface area contributed by atoms with Gasteiger partial charge in [0.15, 0.2) is 5.78 Å². The van der Waals surface area contributed by atoms with Crippen molar-refractivity contribution in [2.24, 2.45) is 0 Å². The zero-order chi connectivity index (χ0) is 15.0. The minimum absolute atomic E-state index is 0.0879. The van der Waals surface area contributed by atoms with E-state index in [0.717, 1.165) is 5.56 Å². The highest BCUT2D eigenvalue weighted by atomic mass is 35.5. The summed E-state index contributed by atoms with van der Waals surface area (Å²) in [7, 11) is 1.57. The fourth-order valence-electron chi connectivity index (χ4n) is 2.32. The Hall–Kier alpha value is -2.33. The summed E-state index contributed by atoms with van der Waals surface area (Å²) in [5, 5.41) is 3.04. The second-order valence-corrected chi connectivity index (χ2v) is 5.18. The van der Waals surface area contributed by atoms with Crippen LogP contribution >= 0.6 is 11.6 Å². The molecule has 1 aliphatic rings. The van der Waals surface area contributed by atoms with Gasteiger partial charge in [0.2, 0.25) is 5.91 Å². The second kappa shape index (κ2) is 5.22. The molecule has 4 nitrogen and oxygen atoms in total. The molecule has 0 spiro atoms. The maximum atomic E-state index is 12.5. The van der Waals surface area contributed by atoms with Gasteiger partial charge in [-0.2, -0.15) is 0 Å². The number of hydrogen-bond donors (Lipinski definition) is 1. The number of amides is 1. The van der Waals surface area contributed by atoms with E-state index in [0.29, 0.717) is 27.6 Å². The van der Waals surface area contributed by atoms with Crippen molar-refractivity contribution in [1.82, 2.24) is 0 Å². The number of ether oxygens (including phenoxy) is 1. The molecule has 0 aromatic heterocycles. The van der Waals surface area contributed by atoms with E-state index in [2.05, 4.69) is 5.32 Å². The van der Waals surface area contributed by atoms with E-state index in [1.54, 1.807) is 43.5 Å². The Balaban J connectivity index is 1.98. The topological polar surface area (TPSA) is 55.4 Å². The maximum absolute atomic E-state index is 12.5. The molecule has 1 heterocycles. The van der Waals surface area contributed by atoms with Crippen LogP contribution in [0.25, 0.3) is 0 Å². The van der Waals surface area contributed by atoms with Gasteiger partial charge in [-0.15, -0.1) is 0 Å². The van der Waals surface area contributed by atoms with Crippen LogP contribution in [-0.2, 0) is 11.2 Å². The smallest absolute Gasteiger partial charge is 0.228 e. The third kappa shape index (κ3) is 2.50. The summed E-state index contributed by atoms with van der Waals surface area (Å²) < 4.78 is 5.07. The van der Waals surface area contributed by atoms with Gasteiger partial charge in [0.1, 0.15) is 5.75 Å². The van der Waals surface area contributed by atoms with Crippen molar-refractivity contribution in [3.63, 3.8) is 0 Å². The van der Waals surface area contributed by atoms with Crippen molar-refractivity contribution in [3.05, 3.63) is 58.1 Å². The fraction of sp³-hybridized carbons (Fsp3) is 0.125. The van der Waals surface area contributed by atoms with Crippen molar-refractivity contribution >= 4 is 29.0 Å². The summed E-state index contributed by atoms with van der Waals surface area (Å²) in [4.78, 5) is 23.9. The first-order chi connectivity index (χ1) is 10.1. The van der Waals surface area contributed by atoms with Crippen molar-refractivity contribution in [2.75, 3.05) is 12.4 Å². The minimum atomic E-state index is -0.176. The zero-order valence-corrected chi connectivity index (χ0v) is 12.0. The Kier molecular flexibility index (Phi) is 3.39. The number of methoxy groups -OCH3 is 1. The second-order valence-electron chi connectivity index (χ2n) is 4.77. The molecule has 1 aliphatic heterocycles. The fourth-order valence-corrected chi connectivity index (χ4v) is 2.57. The van der Waals surface area contributed by atoms with Crippen molar-refractivity contribution in [3.8, 4) is 5.75 Å². The molecular weight excluding hydrogens is 290 g/mol. The van der Waals surface area contributed by atoms with E-state index in [1.807, 2.05) is 0 Å². The van der Waals surface area contributed by atoms with E-state index in [4.69, 9.17) is 16.3 Å². The number of hydrogen-bond acceptors (Lipinski definition) is 3. The predicted octanol–water partition coefficient (Wildman–Crippen LogP) is 3.07. The van der Waals surface area contributed by atoms with Crippen molar-refractivity contribution in [1.29, 1.82) is 0 Å². The van der Waals surface area contributed by atoms with Crippen LogP contribution in [0, 0.1) is 0 Å². The molecule has 0 atom stereocenters. The van der Waals surface area contributed by atoms with Crippen LogP contribution in [0.3, 0.4) is 0 Å². The molecule has 0 unspecified atom stereocenters. The molecule has 3 rings (SSSR count). The lowest BCUT2D eigenvalue weighted by Crippen LogP contribution is -2.03. The van der Waals surface area contributed by atoms with Crippen LogP contribution < -0.4 is 10.1 Å². The third-order valence-electron chi connectivity index (χ3n) is 3.41. The first-order valence-electron chi connectivity index (χ1n) is 6.39. The minimum Gasteiger partial charge on any atom is -0.497 e. The number of carbonyl (C=O) groups excluding carboxylic acids is 2. The first-order valence-corrected chi connectivity index (χ1v) is 6.77. The Morgan fingerprint density at radius 2 is 1.95 bits per heavy atom. The van der Waals surface area contributed by atoms with E-state index in [9.17, 15) is 9.59 Å². The quantitative estimate of drug-likeness (QED) is 0.886. The van der Waals surface area contributed by atoms with Gasteiger partial charge in [-0.05, 0) is 42.0 Å². The van der Waals surface area contributed by atoms with Gasteiger partial charge in [0.05, 0.1) is 18.6 Å². The SMILES string of the molecule is COc1ccc(C(=O)c2cc3c(cc2Cl)NC(=O)C3)cc1. The molecule has 0 radical (unpaired) electrons. The lowest BCUT2D eigenvalue weighted by atomic mass is 10.00. The van der Waals surface area contributed by atoms with Crippen LogP contribution in [0.15, 0.2) is 36.4 Å². The van der Waals surface area contributed by atoms with Crippen molar-refractivity contribution in [2.45, 2.75) is 6.42 Å². The third-order valence-corrected chi connectivity index (χ3v) is 3.73. The number of fused-ring (bicyclic) bond motifs is 1. The number of carbonyl (C=O) groups is 2. The van der Waals surface area contributed by atoms with Gasteiger partial charge >= 0.3 is 0 Å². The number of nitrogens with one attached hydrogen (secondary N) is 1. The largest absolute Gasteiger partial charge is 0.497 e. The number of ketones is 1. The first kappa shape index (κ1) is 13.6. The number of benzene rings is 2. The van der Waals surface area contributed by atoms with Gasteiger partial charge in [-0.1, -0.05) is 11.6 Å². The Bertz CT molecular complexity index is 738. The maximum Gasteiger partial charge on any atom is 0.228 e. The standard InChI is InChI=1S/C16H12ClNO3/c1-21-11-4-2-9(3-5-11)16(20)12-6-10-7-15(19)18-14(10)8-13(12)17/h2-6,8H,7H2,1H3,(H,18,19). The lowest BCUT2D eigenvalue weighted by Gasteiger charge is -2.07. The highest BCUT2D eigenvalue weighted by Crippen LogP contribution is 2.31. The predicted molar refractivity (Wildman–Crippen MR) is 80.2 cm³/mol. The number of rotatable bonds is 3. The molecule has 2 aromatic rings. The molecule has 0 bridgehead atoms. The van der Waals surface area contributed by atoms with E-state index in [-0.39, 0.29) is 18.1 Å². The van der Waals surface area contributed by atoms with Gasteiger partial charge < -0.3 is 10.1 Å². The zero-order valence-electron chi connectivity index (χ0n) is 11.3. The highest BCUT2D eigenvalue weighted by molar-refractivity contribution is 6.35. The molecule has 0 saturated carbocycles. The van der Waals surface area contributed by atoms with E-state index >= 15 is 0 Å². The van der Waals surface area contributed by atoms with Crippen molar-refractivity contribution < 1.29 is 14.3 Å². The van der Waals surface area contributed by atoms with Crippen LogP contribution in [-0.4, -0.2) is 18.8 Å². The molecule has 0 aliphatic carbocycles. The summed E-state index contributed by atoms with van der Waals surface area (Å²) in [5.74, 6) is 0.418. The highest BCUT2D eigenvalue weighted by Gasteiger charge is 2.22. The molecule has 1 N–H and O–H groups in total. The number of halogens is 1. The lowest BCUT2D eigenvalue weighted by molar-refractivity contribution is -0.115. The molecule has 5 heteroatoms. The number of anilines is 1. The van der Waals surface area contributed by atoms with Gasteiger partial charge in [0.25, 0.3) is 0 Å². The summed E-state index contributed by atoms with van der Waals surface area (Å²) in [6.07, 6.45) is 0.273. The van der Waals surface area contributed by atoms with Gasteiger partial charge in [0, 0.05) is 16.8 Å². The normalized spacial score (nSPS) is 12.8. The van der Waals surface area contributed by atoms with Gasteiger partial charge in [-0.3, -0.25) is 9.59 Å². The summed E-state index contributed by atoms with van der Waals surface area (Å²) in [6.45, 7) is 0. The average molecular weight is 302 g/mol. The summed E-state index contributed by atoms with van der Waals surface area (Å²) >= 11 is 6.16. The van der Waals surface area contributed by atoms with E-state index < -0.39 is 0 Å². The van der Waals surface area contributed by atoms with Crippen LogP contribution in [0.2, 0.25) is 5.02 Å². The molecule has 0 saturated heterocycles. The van der Waals surface area contributed by atoms with Gasteiger partial charge in [-0.25, -0.2) is 0 Å². The summed E-state index contributed by atoms with van der Waals surface area (Å²) in [6, 6.07) is 10.1. The van der Waals surface area contributed by atoms with Crippen LogP contribution in [0.5, 0.6) is 5.75 Å². The molecule has 21 heavy (non-hydrogen) atoms. The Labute approximate surface area is 126 Å².